The van der Waals surface area contributed by atoms with Gasteiger partial charge in [-0.1, -0.05) is 12.1 Å². The Bertz CT molecular complexity index is 654. The molecule has 1 aromatic heterocycles. The van der Waals surface area contributed by atoms with Gasteiger partial charge in [0.25, 0.3) is 5.91 Å². The summed E-state index contributed by atoms with van der Waals surface area (Å²) in [5, 5.41) is 11.3. The first-order valence-electron chi connectivity index (χ1n) is 8.17. The van der Waals surface area contributed by atoms with Crippen LogP contribution in [-0.2, 0) is 6.42 Å². The van der Waals surface area contributed by atoms with Gasteiger partial charge in [-0.05, 0) is 50.1 Å². The van der Waals surface area contributed by atoms with E-state index < -0.39 is 0 Å². The number of methoxy groups -OCH3 is 1. The van der Waals surface area contributed by atoms with Crippen LogP contribution in [0.15, 0.2) is 36.4 Å². The average Bonchev–Trinajstić information content (AvgIpc) is 2.63. The van der Waals surface area contributed by atoms with Crippen LogP contribution >= 0.6 is 0 Å². The minimum absolute atomic E-state index is 0.0876. The maximum atomic E-state index is 12.2. The Hall–Kier alpha value is -2.63. The summed E-state index contributed by atoms with van der Waals surface area (Å²) < 4.78 is 5.21. The van der Waals surface area contributed by atoms with E-state index in [0.29, 0.717) is 24.6 Å². The number of aromatic nitrogens is 2. The van der Waals surface area contributed by atoms with E-state index in [9.17, 15) is 4.79 Å². The predicted octanol–water partition coefficient (Wildman–Crippen LogP) is 2.62. The molecule has 6 nitrogen and oxygen atoms in total. The minimum Gasteiger partial charge on any atom is -0.497 e. The third kappa shape index (κ3) is 4.68. The van der Waals surface area contributed by atoms with Gasteiger partial charge in [0.05, 0.1) is 7.11 Å². The van der Waals surface area contributed by atoms with Crippen molar-refractivity contribution in [1.29, 1.82) is 0 Å². The number of amides is 1. The molecule has 0 radical (unpaired) electrons. The molecule has 0 fully saturated rings. The van der Waals surface area contributed by atoms with Crippen molar-refractivity contribution in [3.63, 3.8) is 0 Å². The number of ether oxygens (including phenoxy) is 1. The van der Waals surface area contributed by atoms with Gasteiger partial charge in [0.1, 0.15) is 11.6 Å². The molecule has 1 amide bonds. The molecule has 6 heteroatoms. The van der Waals surface area contributed by atoms with E-state index in [2.05, 4.69) is 21.6 Å². The maximum Gasteiger partial charge on any atom is 0.274 e. The molecule has 0 unspecified atom stereocenters. The molecule has 0 atom stereocenters. The van der Waals surface area contributed by atoms with Gasteiger partial charge in [-0.15, -0.1) is 10.2 Å². The topological polar surface area (TPSA) is 67.4 Å². The summed E-state index contributed by atoms with van der Waals surface area (Å²) in [6, 6.07) is 11.5. The lowest BCUT2D eigenvalue weighted by Gasteiger charge is -2.17. The second-order valence-electron chi connectivity index (χ2n) is 5.31. The molecule has 0 aliphatic carbocycles. The first-order chi connectivity index (χ1) is 11.7. The van der Waals surface area contributed by atoms with E-state index in [1.165, 1.54) is 5.56 Å². The van der Waals surface area contributed by atoms with Crippen molar-refractivity contribution in [2.45, 2.75) is 20.3 Å². The van der Waals surface area contributed by atoms with Crippen LogP contribution in [-0.4, -0.2) is 47.7 Å². The van der Waals surface area contributed by atoms with E-state index in [-0.39, 0.29) is 5.91 Å². The van der Waals surface area contributed by atoms with Crippen LogP contribution in [0.1, 0.15) is 29.9 Å². The number of anilines is 1. The molecule has 24 heavy (non-hydrogen) atoms. The van der Waals surface area contributed by atoms with Gasteiger partial charge in [-0.25, -0.2) is 0 Å². The Balaban J connectivity index is 1.88. The fourth-order valence-electron chi connectivity index (χ4n) is 2.38. The summed E-state index contributed by atoms with van der Waals surface area (Å²) in [5.41, 5.74) is 1.56. The van der Waals surface area contributed by atoms with Crippen molar-refractivity contribution in [2.24, 2.45) is 0 Å². The second kappa shape index (κ2) is 8.86. The highest BCUT2D eigenvalue weighted by molar-refractivity contribution is 5.92. The van der Waals surface area contributed by atoms with Crippen LogP contribution in [0, 0.1) is 0 Å². The van der Waals surface area contributed by atoms with E-state index >= 15 is 0 Å². The summed E-state index contributed by atoms with van der Waals surface area (Å²) in [5.74, 6) is 1.43. The number of hydrogen-bond donors (Lipinski definition) is 1. The van der Waals surface area contributed by atoms with Gasteiger partial charge in [0.2, 0.25) is 0 Å². The van der Waals surface area contributed by atoms with Crippen molar-refractivity contribution in [3.8, 4) is 5.75 Å². The fraction of sp³-hybridized carbons (Fsp3) is 0.389. The van der Waals surface area contributed by atoms with Crippen LogP contribution in [0.3, 0.4) is 0 Å². The lowest BCUT2D eigenvalue weighted by Crippen LogP contribution is -2.31. The lowest BCUT2D eigenvalue weighted by molar-refractivity contribution is 0.0766. The summed E-state index contributed by atoms with van der Waals surface area (Å²) in [4.78, 5) is 13.9. The molecule has 1 aromatic carbocycles. The molecular weight excluding hydrogens is 304 g/mol. The zero-order valence-corrected chi connectivity index (χ0v) is 14.5. The van der Waals surface area contributed by atoms with Gasteiger partial charge in [0, 0.05) is 19.6 Å². The molecule has 2 rings (SSSR count). The smallest absolute Gasteiger partial charge is 0.274 e. The molecule has 1 heterocycles. The van der Waals surface area contributed by atoms with E-state index in [1.807, 2.05) is 32.0 Å². The number of nitrogens with zero attached hydrogens (tertiary/aromatic N) is 3. The average molecular weight is 328 g/mol. The van der Waals surface area contributed by atoms with Gasteiger partial charge < -0.3 is 15.0 Å². The van der Waals surface area contributed by atoms with E-state index in [0.717, 1.165) is 18.7 Å². The number of nitrogens with one attached hydrogen (secondary N) is 1. The Morgan fingerprint density at radius 3 is 2.58 bits per heavy atom. The monoisotopic (exact) mass is 328 g/mol. The number of carbonyl (C=O) groups is 1. The van der Waals surface area contributed by atoms with Gasteiger partial charge in [0.15, 0.2) is 5.69 Å². The zero-order valence-electron chi connectivity index (χ0n) is 14.5. The van der Waals surface area contributed by atoms with Crippen LogP contribution in [0.5, 0.6) is 5.75 Å². The van der Waals surface area contributed by atoms with Crippen molar-refractivity contribution in [3.05, 3.63) is 47.7 Å². The molecule has 128 valence electrons. The van der Waals surface area contributed by atoms with Crippen molar-refractivity contribution in [1.82, 2.24) is 15.1 Å². The zero-order chi connectivity index (χ0) is 17.4. The first kappa shape index (κ1) is 17.7. The van der Waals surface area contributed by atoms with Crippen molar-refractivity contribution >= 4 is 11.7 Å². The Labute approximate surface area is 142 Å². The van der Waals surface area contributed by atoms with E-state index in [1.54, 1.807) is 24.1 Å². The molecule has 0 aliphatic heterocycles. The Morgan fingerprint density at radius 1 is 1.17 bits per heavy atom. The molecular formula is C18H24N4O2. The lowest BCUT2D eigenvalue weighted by atomic mass is 10.1. The minimum atomic E-state index is -0.0876. The molecule has 1 N–H and O–H groups in total. The van der Waals surface area contributed by atoms with E-state index in [4.69, 9.17) is 4.74 Å². The third-order valence-corrected chi connectivity index (χ3v) is 3.79. The van der Waals surface area contributed by atoms with Crippen LogP contribution in [0.2, 0.25) is 0 Å². The number of carbonyl (C=O) groups excluding carboxylic acids is 1. The molecule has 0 bridgehead atoms. The highest BCUT2D eigenvalue weighted by Crippen LogP contribution is 2.13. The summed E-state index contributed by atoms with van der Waals surface area (Å²) in [7, 11) is 1.66. The number of benzene rings is 1. The molecule has 0 spiro atoms. The number of hydrogen-bond acceptors (Lipinski definition) is 5. The normalized spacial score (nSPS) is 10.3. The van der Waals surface area contributed by atoms with Crippen LogP contribution in [0.4, 0.5) is 5.82 Å². The Kier molecular flexibility index (Phi) is 6.54. The molecule has 0 saturated carbocycles. The van der Waals surface area contributed by atoms with Crippen LogP contribution in [0.25, 0.3) is 0 Å². The largest absolute Gasteiger partial charge is 0.497 e. The van der Waals surface area contributed by atoms with Gasteiger partial charge in [-0.2, -0.15) is 0 Å². The standard InChI is InChI=1S/C18H24N4O2/c1-4-22(5-2)18(23)16-9-10-17(21-20-16)19-12-11-14-7-6-8-15(13-14)24-3/h6-10,13H,4-5,11-12H2,1-3H3,(H,19,21). The number of rotatable bonds is 8. The highest BCUT2D eigenvalue weighted by atomic mass is 16.5. The first-order valence-corrected chi connectivity index (χ1v) is 8.17. The SMILES string of the molecule is CCN(CC)C(=O)c1ccc(NCCc2cccc(OC)c2)nn1. The second-order valence-corrected chi connectivity index (χ2v) is 5.31. The predicted molar refractivity (Wildman–Crippen MR) is 94.5 cm³/mol. The molecule has 0 saturated heterocycles. The summed E-state index contributed by atoms with van der Waals surface area (Å²) >= 11 is 0. The summed E-state index contributed by atoms with van der Waals surface area (Å²) in [6.45, 7) is 5.95. The maximum absolute atomic E-state index is 12.2. The fourth-order valence-corrected chi connectivity index (χ4v) is 2.38. The molecule has 2 aromatic rings. The molecule has 0 aliphatic rings. The summed E-state index contributed by atoms with van der Waals surface area (Å²) in [6.07, 6.45) is 0.846. The van der Waals surface area contributed by atoms with Gasteiger partial charge >= 0.3 is 0 Å². The van der Waals surface area contributed by atoms with Crippen molar-refractivity contribution < 1.29 is 9.53 Å². The van der Waals surface area contributed by atoms with Crippen LogP contribution < -0.4 is 10.1 Å². The third-order valence-electron chi connectivity index (χ3n) is 3.79. The van der Waals surface area contributed by atoms with Gasteiger partial charge in [-0.3, -0.25) is 4.79 Å². The highest BCUT2D eigenvalue weighted by Gasteiger charge is 2.14. The Morgan fingerprint density at radius 2 is 1.96 bits per heavy atom. The van der Waals surface area contributed by atoms with Crippen molar-refractivity contribution in [2.75, 3.05) is 32.1 Å². The quantitative estimate of drug-likeness (QED) is 0.807.